The molecule has 3 aromatic rings. The second-order valence-electron chi connectivity index (χ2n) is 6.73. The summed E-state index contributed by atoms with van der Waals surface area (Å²) in [4.78, 5) is 23.8. The van der Waals surface area contributed by atoms with E-state index in [1.54, 1.807) is 34.1 Å². The van der Waals surface area contributed by atoms with Crippen molar-refractivity contribution in [2.24, 2.45) is 0 Å². The number of nitrogens with zero attached hydrogens (tertiary/aromatic N) is 6. The highest BCUT2D eigenvalue weighted by molar-refractivity contribution is 5.99. The predicted octanol–water partition coefficient (Wildman–Crippen LogP) is 1.59. The molecule has 0 spiro atoms. The zero-order valence-corrected chi connectivity index (χ0v) is 14.3. The van der Waals surface area contributed by atoms with E-state index in [-0.39, 0.29) is 12.0 Å². The molecule has 2 atom stereocenters. The fourth-order valence-corrected chi connectivity index (χ4v) is 3.39. The minimum absolute atomic E-state index is 0.162. The van der Waals surface area contributed by atoms with E-state index in [0.717, 1.165) is 18.7 Å². The maximum Gasteiger partial charge on any atom is 0.260 e. The average Bonchev–Trinajstić information content (AvgIpc) is 3.24. The van der Waals surface area contributed by atoms with E-state index >= 15 is 0 Å². The van der Waals surface area contributed by atoms with E-state index in [1.807, 2.05) is 6.92 Å². The number of amides is 1. The van der Waals surface area contributed by atoms with Crippen LogP contribution in [0, 0.1) is 0 Å². The molecule has 5 rings (SSSR count). The third kappa shape index (κ3) is 2.47. The van der Waals surface area contributed by atoms with Crippen molar-refractivity contribution >= 4 is 11.6 Å². The first-order chi connectivity index (χ1) is 12.7. The fourth-order valence-electron chi connectivity index (χ4n) is 3.39. The number of hydrogen-bond acceptors (Lipinski definition) is 7. The molecule has 1 saturated heterocycles. The molecule has 1 aliphatic heterocycles. The lowest BCUT2D eigenvalue weighted by Crippen LogP contribution is -2.47. The number of carbonyl (C=O) groups excluding carboxylic acids is 1. The number of fused-ring (bicyclic) bond motifs is 1. The third-order valence-corrected chi connectivity index (χ3v) is 4.92. The van der Waals surface area contributed by atoms with Gasteiger partial charge in [-0.2, -0.15) is 10.1 Å². The molecule has 2 aliphatic rings. The Morgan fingerprint density at radius 3 is 3.08 bits per heavy atom. The lowest BCUT2D eigenvalue weighted by atomic mass is 10.1. The van der Waals surface area contributed by atoms with Crippen LogP contribution in [0.4, 0.5) is 0 Å². The Morgan fingerprint density at radius 2 is 2.23 bits per heavy atom. The van der Waals surface area contributed by atoms with Crippen molar-refractivity contribution in [3.63, 3.8) is 0 Å². The van der Waals surface area contributed by atoms with E-state index in [9.17, 15) is 4.79 Å². The fraction of sp³-hybridized carbons (Fsp3) is 0.471. The van der Waals surface area contributed by atoms with Crippen LogP contribution in [0.2, 0.25) is 0 Å². The number of hydrogen-bond donors (Lipinski definition) is 0. The third-order valence-electron chi connectivity index (χ3n) is 4.92. The Labute approximate surface area is 149 Å². The van der Waals surface area contributed by atoms with Crippen LogP contribution in [-0.4, -0.2) is 54.8 Å². The smallest absolute Gasteiger partial charge is 0.260 e. The molecular weight excluding hydrogens is 336 g/mol. The molecular formula is C17H18N6O3. The van der Waals surface area contributed by atoms with Crippen molar-refractivity contribution < 1.29 is 14.1 Å². The van der Waals surface area contributed by atoms with Crippen LogP contribution in [0.3, 0.4) is 0 Å². The molecule has 26 heavy (non-hydrogen) atoms. The van der Waals surface area contributed by atoms with E-state index in [1.165, 1.54) is 0 Å². The summed E-state index contributed by atoms with van der Waals surface area (Å²) in [5.74, 6) is 1.38. The van der Waals surface area contributed by atoms with Crippen LogP contribution in [0.5, 0.6) is 0 Å². The van der Waals surface area contributed by atoms with Gasteiger partial charge in [0.15, 0.2) is 11.5 Å². The second kappa shape index (κ2) is 5.87. The topological polar surface area (TPSA) is 98.7 Å². The molecule has 0 unspecified atom stereocenters. The Hall–Kier alpha value is -2.81. The van der Waals surface area contributed by atoms with Gasteiger partial charge in [0.2, 0.25) is 0 Å². The highest BCUT2D eigenvalue weighted by atomic mass is 16.5. The van der Waals surface area contributed by atoms with Gasteiger partial charge in [0.1, 0.15) is 11.6 Å². The molecule has 0 radical (unpaired) electrons. The van der Waals surface area contributed by atoms with Gasteiger partial charge in [-0.25, -0.2) is 9.50 Å². The van der Waals surface area contributed by atoms with Crippen LogP contribution in [0.25, 0.3) is 5.65 Å². The van der Waals surface area contributed by atoms with E-state index in [0.29, 0.717) is 36.2 Å². The van der Waals surface area contributed by atoms with Gasteiger partial charge in [-0.05, 0) is 25.8 Å². The molecule has 0 N–H and O–H groups in total. The number of carbonyl (C=O) groups is 1. The summed E-state index contributed by atoms with van der Waals surface area (Å²) < 4.78 is 12.8. The summed E-state index contributed by atoms with van der Waals surface area (Å²) in [7, 11) is 0. The van der Waals surface area contributed by atoms with Crippen LogP contribution in [0.1, 0.15) is 53.8 Å². The normalized spacial score (nSPS) is 23.5. The second-order valence-corrected chi connectivity index (χ2v) is 6.73. The molecule has 0 aromatic carbocycles. The van der Waals surface area contributed by atoms with Gasteiger partial charge in [-0.3, -0.25) is 4.79 Å². The van der Waals surface area contributed by atoms with Gasteiger partial charge in [0, 0.05) is 24.9 Å². The maximum absolute atomic E-state index is 13.2. The van der Waals surface area contributed by atoms with Crippen molar-refractivity contribution in [2.45, 2.75) is 37.8 Å². The first-order valence-corrected chi connectivity index (χ1v) is 8.77. The molecule has 1 saturated carbocycles. The molecule has 1 aliphatic carbocycles. The van der Waals surface area contributed by atoms with Gasteiger partial charge in [-0.15, -0.1) is 0 Å². The largest absolute Gasteiger partial charge is 0.374 e. The quantitative estimate of drug-likeness (QED) is 0.704. The van der Waals surface area contributed by atoms with E-state index < -0.39 is 6.04 Å². The van der Waals surface area contributed by atoms with E-state index in [4.69, 9.17) is 9.26 Å². The monoisotopic (exact) mass is 354 g/mol. The molecule has 1 amide bonds. The molecule has 2 fully saturated rings. The lowest BCUT2D eigenvalue weighted by Gasteiger charge is -2.37. The van der Waals surface area contributed by atoms with Crippen LogP contribution in [-0.2, 0) is 4.74 Å². The highest BCUT2D eigenvalue weighted by Crippen LogP contribution is 2.39. The van der Waals surface area contributed by atoms with Crippen LogP contribution >= 0.6 is 0 Å². The van der Waals surface area contributed by atoms with E-state index in [2.05, 4.69) is 20.2 Å². The minimum Gasteiger partial charge on any atom is -0.374 e. The SMILES string of the molecule is C[C@H]1OCCN(C(=O)c2cnn3cccnc23)[C@@H]1c1nc(C2CC2)no1. The lowest BCUT2D eigenvalue weighted by molar-refractivity contribution is -0.0600. The van der Waals surface area contributed by atoms with Crippen LogP contribution < -0.4 is 0 Å². The molecule has 0 bridgehead atoms. The molecule has 134 valence electrons. The van der Waals surface area contributed by atoms with Crippen LogP contribution in [0.15, 0.2) is 29.2 Å². The summed E-state index contributed by atoms with van der Waals surface area (Å²) >= 11 is 0. The first kappa shape index (κ1) is 15.4. The van der Waals surface area contributed by atoms with Crippen molar-refractivity contribution in [3.05, 3.63) is 41.9 Å². The Balaban J connectivity index is 1.51. The van der Waals surface area contributed by atoms with Crippen molar-refractivity contribution in [1.29, 1.82) is 0 Å². The van der Waals surface area contributed by atoms with Gasteiger partial charge < -0.3 is 14.2 Å². The van der Waals surface area contributed by atoms with Crippen molar-refractivity contribution in [2.75, 3.05) is 13.2 Å². The summed E-state index contributed by atoms with van der Waals surface area (Å²) in [6.07, 6.45) is 6.89. The highest BCUT2D eigenvalue weighted by Gasteiger charge is 2.40. The Kier molecular flexibility index (Phi) is 3.49. The van der Waals surface area contributed by atoms with Gasteiger partial charge in [0.05, 0.1) is 18.9 Å². The van der Waals surface area contributed by atoms with Crippen molar-refractivity contribution in [3.8, 4) is 0 Å². The standard InChI is InChI=1S/C17H18N6O3/c1-10-13(16-20-14(21-26-16)11-3-4-11)22(7-8-25-10)17(24)12-9-19-23-6-2-5-18-15(12)23/h2,5-6,9-11,13H,3-4,7-8H2,1H3/t10-,13+/m1/s1. The molecule has 9 nitrogen and oxygen atoms in total. The summed E-state index contributed by atoms with van der Waals surface area (Å²) in [5.41, 5.74) is 0.978. The molecule has 4 heterocycles. The average molecular weight is 354 g/mol. The zero-order valence-electron chi connectivity index (χ0n) is 14.3. The first-order valence-electron chi connectivity index (χ1n) is 8.77. The van der Waals surface area contributed by atoms with Gasteiger partial charge in [0.25, 0.3) is 11.8 Å². The van der Waals surface area contributed by atoms with Gasteiger partial charge >= 0.3 is 0 Å². The Morgan fingerprint density at radius 1 is 1.35 bits per heavy atom. The van der Waals surface area contributed by atoms with Gasteiger partial charge in [-0.1, -0.05) is 5.16 Å². The summed E-state index contributed by atoms with van der Waals surface area (Å²) in [6.45, 7) is 2.82. The number of rotatable bonds is 3. The molecule has 3 aromatic heterocycles. The zero-order chi connectivity index (χ0) is 17.7. The summed E-state index contributed by atoms with van der Waals surface area (Å²) in [6, 6.07) is 1.35. The van der Waals surface area contributed by atoms with Crippen molar-refractivity contribution in [1.82, 2.24) is 29.6 Å². The minimum atomic E-state index is -0.421. The Bertz CT molecular complexity index is 962. The summed E-state index contributed by atoms with van der Waals surface area (Å²) in [5, 5.41) is 8.30. The molecule has 9 heteroatoms. The number of ether oxygens (including phenoxy) is 1. The number of morpholine rings is 1. The predicted molar refractivity (Wildman–Crippen MR) is 88.5 cm³/mol. The number of aromatic nitrogens is 5. The maximum atomic E-state index is 13.2.